The zero-order valence-corrected chi connectivity index (χ0v) is 5.16. The molecule has 2 nitrogen and oxygen atoms in total. The van der Waals surface area contributed by atoms with Crippen LogP contribution in [0.3, 0.4) is 0 Å². The molecule has 0 fully saturated rings. The lowest BCUT2D eigenvalue weighted by atomic mass is 10.0. The molecule has 3 heteroatoms. The third-order valence-corrected chi connectivity index (χ3v) is 1.07. The molecule has 0 spiro atoms. The van der Waals surface area contributed by atoms with Gasteiger partial charge in [-0.15, -0.1) is 0 Å². The minimum absolute atomic E-state index is 0.626. The molecule has 0 amide bonds. The molecule has 0 N–H and O–H groups in total. The van der Waals surface area contributed by atoms with Crippen molar-refractivity contribution in [3.8, 4) is 0 Å². The maximum Gasteiger partial charge on any atom is 0.163 e. The summed E-state index contributed by atoms with van der Waals surface area (Å²) in [5, 5.41) is 0. The molecule has 1 heterocycles. The summed E-state index contributed by atoms with van der Waals surface area (Å²) in [7, 11) is 1.88. The smallest absolute Gasteiger partial charge is 0.163 e. The number of carbonyl (C=O) groups excluding carboxylic acids is 1. The van der Waals surface area contributed by atoms with E-state index in [-0.39, 0.29) is 0 Å². The Morgan fingerprint density at radius 2 is 2.33 bits per heavy atom. The van der Waals surface area contributed by atoms with Gasteiger partial charge in [-0.3, -0.25) is 9.78 Å². The molecule has 1 rings (SSSR count). The van der Waals surface area contributed by atoms with Crippen LogP contribution in [0.4, 0.5) is 0 Å². The zero-order chi connectivity index (χ0) is 6.69. The van der Waals surface area contributed by atoms with Crippen LogP contribution in [0.25, 0.3) is 0 Å². The number of nitrogens with zero attached hydrogens (tertiary/aromatic N) is 1. The van der Waals surface area contributed by atoms with Gasteiger partial charge in [-0.25, -0.2) is 0 Å². The van der Waals surface area contributed by atoms with E-state index in [4.69, 9.17) is 0 Å². The van der Waals surface area contributed by atoms with E-state index in [1.165, 1.54) is 0 Å². The molecule has 0 unspecified atom stereocenters. The fourth-order valence-corrected chi connectivity index (χ4v) is 0.549. The van der Waals surface area contributed by atoms with Crippen LogP contribution in [-0.2, 0) is 0 Å². The molecule has 1 aromatic rings. The highest BCUT2D eigenvalue weighted by atomic mass is 16.1. The number of pyridine rings is 1. The Hall–Kier alpha value is -1.12. The molecule has 9 heavy (non-hydrogen) atoms. The normalized spacial score (nSPS) is 8.89. The summed E-state index contributed by atoms with van der Waals surface area (Å²) >= 11 is 0. The van der Waals surface area contributed by atoms with Crippen molar-refractivity contribution in [3.05, 3.63) is 23.9 Å². The highest BCUT2D eigenvalue weighted by Gasteiger charge is 1.86. The molecule has 44 valence electrons. The monoisotopic (exact) mass is 119 g/mol. The minimum atomic E-state index is 0.626. The summed E-state index contributed by atoms with van der Waals surface area (Å²) in [6.45, 7) is 0. The number of hydrogen-bond acceptors (Lipinski definition) is 2. The highest BCUT2D eigenvalue weighted by molar-refractivity contribution is 6.30. The predicted molar refractivity (Wildman–Crippen MR) is 37.8 cm³/mol. The Morgan fingerprint density at radius 3 is 2.78 bits per heavy atom. The van der Waals surface area contributed by atoms with Crippen LogP contribution in [0.1, 0.15) is 10.4 Å². The van der Waals surface area contributed by atoms with Crippen molar-refractivity contribution >= 4 is 19.7 Å². The third kappa shape index (κ3) is 1.39. The van der Waals surface area contributed by atoms with E-state index in [1.807, 2.05) is 13.9 Å². The van der Waals surface area contributed by atoms with Crippen molar-refractivity contribution in [1.82, 2.24) is 4.98 Å². The quantitative estimate of drug-likeness (QED) is 0.356. The molecule has 1 aromatic heterocycles. The van der Waals surface area contributed by atoms with Crippen molar-refractivity contribution < 1.29 is 4.79 Å². The fraction of sp³-hybridized carbons (Fsp3) is 0. The molecule has 0 saturated carbocycles. The molecule has 0 aliphatic carbocycles. The van der Waals surface area contributed by atoms with Crippen molar-refractivity contribution in [2.75, 3.05) is 0 Å². The average Bonchev–Trinajstić information content (AvgIpc) is 1.90. The van der Waals surface area contributed by atoms with Gasteiger partial charge < -0.3 is 0 Å². The molecule has 0 aliphatic heterocycles. The van der Waals surface area contributed by atoms with Gasteiger partial charge in [-0.2, -0.15) is 0 Å². The molecule has 0 aromatic carbocycles. The van der Waals surface area contributed by atoms with E-state index in [1.54, 1.807) is 12.3 Å². The molecule has 0 radical (unpaired) electrons. The molecular formula is C6H6BNO. The van der Waals surface area contributed by atoms with Crippen molar-refractivity contribution in [1.29, 1.82) is 0 Å². The topological polar surface area (TPSA) is 30.0 Å². The van der Waals surface area contributed by atoms with Gasteiger partial charge in [0.25, 0.3) is 0 Å². The van der Waals surface area contributed by atoms with Crippen molar-refractivity contribution in [2.24, 2.45) is 0 Å². The van der Waals surface area contributed by atoms with E-state index in [0.717, 1.165) is 11.9 Å². The average molecular weight is 119 g/mol. The number of hydrogen-bond donors (Lipinski definition) is 0. The van der Waals surface area contributed by atoms with E-state index >= 15 is 0 Å². The van der Waals surface area contributed by atoms with E-state index in [9.17, 15) is 4.79 Å². The largest absolute Gasteiger partial charge is 0.298 e. The van der Waals surface area contributed by atoms with Crippen LogP contribution in [0.15, 0.2) is 18.3 Å². The van der Waals surface area contributed by atoms with E-state index < -0.39 is 0 Å². The fourth-order valence-electron chi connectivity index (χ4n) is 0.549. The number of carbonyl (C=O) groups is 1. The standard InChI is InChI=1S/C6H6BNO/c7-6-2-1-5(4-9)3-8-6/h1-4H,7H2. The lowest BCUT2D eigenvalue weighted by molar-refractivity contribution is 0.112. The number of aromatic nitrogens is 1. The van der Waals surface area contributed by atoms with Crippen molar-refractivity contribution in [3.63, 3.8) is 0 Å². The maximum atomic E-state index is 10.1. The summed E-state index contributed by atoms with van der Waals surface area (Å²) in [6.07, 6.45) is 2.34. The Morgan fingerprint density at radius 1 is 1.56 bits per heavy atom. The third-order valence-electron chi connectivity index (χ3n) is 1.07. The minimum Gasteiger partial charge on any atom is -0.298 e. The van der Waals surface area contributed by atoms with Crippen LogP contribution >= 0.6 is 0 Å². The number of aldehydes is 1. The SMILES string of the molecule is Bc1ccc(C=O)cn1. The van der Waals surface area contributed by atoms with E-state index in [0.29, 0.717) is 5.56 Å². The second-order valence-corrected chi connectivity index (χ2v) is 1.85. The molecule has 0 bridgehead atoms. The zero-order valence-electron chi connectivity index (χ0n) is 5.16. The van der Waals surface area contributed by atoms with Crippen LogP contribution in [0, 0.1) is 0 Å². The Kier molecular flexibility index (Phi) is 1.63. The lowest BCUT2D eigenvalue weighted by Crippen LogP contribution is -2.06. The summed E-state index contributed by atoms with van der Waals surface area (Å²) in [6, 6.07) is 3.55. The van der Waals surface area contributed by atoms with Gasteiger partial charge in [0.2, 0.25) is 0 Å². The summed E-state index contributed by atoms with van der Waals surface area (Å²) in [4.78, 5) is 14.0. The Balaban J connectivity index is 3.01. The highest BCUT2D eigenvalue weighted by Crippen LogP contribution is 1.85. The van der Waals surface area contributed by atoms with Gasteiger partial charge >= 0.3 is 0 Å². The van der Waals surface area contributed by atoms with Gasteiger partial charge in [-0.1, -0.05) is 6.07 Å². The first-order valence-corrected chi connectivity index (χ1v) is 2.71. The van der Waals surface area contributed by atoms with Gasteiger partial charge in [0, 0.05) is 11.8 Å². The predicted octanol–water partition coefficient (Wildman–Crippen LogP) is -0.848. The first-order chi connectivity index (χ1) is 4.33. The summed E-state index contributed by atoms with van der Waals surface area (Å²) in [5.41, 5.74) is 1.56. The van der Waals surface area contributed by atoms with Crippen molar-refractivity contribution in [2.45, 2.75) is 0 Å². The van der Waals surface area contributed by atoms with Crippen LogP contribution in [-0.4, -0.2) is 19.1 Å². The Labute approximate surface area is 54.3 Å². The van der Waals surface area contributed by atoms with Crippen LogP contribution in [0.2, 0.25) is 0 Å². The van der Waals surface area contributed by atoms with Gasteiger partial charge in [0.15, 0.2) is 14.1 Å². The van der Waals surface area contributed by atoms with Crippen LogP contribution < -0.4 is 5.59 Å². The van der Waals surface area contributed by atoms with E-state index in [2.05, 4.69) is 4.98 Å². The van der Waals surface area contributed by atoms with Gasteiger partial charge in [-0.05, 0) is 11.7 Å². The number of rotatable bonds is 1. The first-order valence-electron chi connectivity index (χ1n) is 2.71. The van der Waals surface area contributed by atoms with Gasteiger partial charge in [0.1, 0.15) is 0 Å². The lowest BCUT2D eigenvalue weighted by Gasteiger charge is -1.88. The van der Waals surface area contributed by atoms with Gasteiger partial charge in [0.05, 0.1) is 0 Å². The Bertz CT molecular complexity index is 207. The molecule has 0 atom stereocenters. The second-order valence-electron chi connectivity index (χ2n) is 1.85. The summed E-state index contributed by atoms with van der Waals surface area (Å²) in [5.74, 6) is 0. The van der Waals surface area contributed by atoms with Crippen LogP contribution in [0.5, 0.6) is 0 Å². The maximum absolute atomic E-state index is 10.1. The molecule has 0 saturated heterocycles. The first kappa shape index (κ1) is 6.01. The molecule has 0 aliphatic rings. The molecular weight excluding hydrogens is 113 g/mol. The second kappa shape index (κ2) is 2.44. The summed E-state index contributed by atoms with van der Waals surface area (Å²) < 4.78 is 0.